The van der Waals surface area contributed by atoms with Gasteiger partial charge in [-0.3, -0.25) is 0 Å². The van der Waals surface area contributed by atoms with Crippen molar-refractivity contribution in [2.75, 3.05) is 0 Å². The first-order valence-electron chi connectivity index (χ1n) is 12.0. The lowest BCUT2D eigenvalue weighted by molar-refractivity contribution is 0.0383. The molecule has 0 aromatic heterocycles. The molecule has 0 spiro atoms. The highest BCUT2D eigenvalue weighted by atomic mass is 16.3. The predicted octanol–water partition coefficient (Wildman–Crippen LogP) is 7.08. The average molecular weight is 383 g/mol. The number of rotatable bonds is 4. The van der Waals surface area contributed by atoms with Crippen molar-refractivity contribution in [3.8, 4) is 0 Å². The number of hydrogen-bond acceptors (Lipinski definition) is 1. The smallest absolute Gasteiger partial charge is 0.0578 e. The molecular formula is C27H42O. The van der Waals surface area contributed by atoms with Gasteiger partial charge in [0.1, 0.15) is 0 Å². The van der Waals surface area contributed by atoms with Gasteiger partial charge in [-0.05, 0) is 91.8 Å². The molecule has 1 nitrogen and oxygen atoms in total. The molecule has 0 saturated heterocycles. The predicted molar refractivity (Wildman–Crippen MR) is 119 cm³/mol. The summed E-state index contributed by atoms with van der Waals surface area (Å²) in [6.07, 6.45) is 19.6. The van der Waals surface area contributed by atoms with Gasteiger partial charge in [-0.1, -0.05) is 70.1 Å². The van der Waals surface area contributed by atoms with E-state index < -0.39 is 0 Å². The third kappa shape index (κ3) is 3.26. The monoisotopic (exact) mass is 382 g/mol. The third-order valence-electron chi connectivity index (χ3n) is 9.30. The van der Waals surface area contributed by atoms with Gasteiger partial charge in [0.25, 0.3) is 0 Å². The van der Waals surface area contributed by atoms with Crippen LogP contribution in [0, 0.1) is 40.4 Å². The van der Waals surface area contributed by atoms with Gasteiger partial charge in [-0.15, -0.1) is 0 Å². The van der Waals surface area contributed by atoms with Gasteiger partial charge in [0.05, 0.1) is 6.10 Å². The molecule has 4 aliphatic carbocycles. The standard InChI is InChI=1S/C27H42O/c1-18(2)7-6-8-19(3)23-11-12-24-22-10-9-20-17-21(28)13-15-26(20,4)25(22)14-16-27(23,24)5/h6,8-10,18-19,21,23-25,28H,7,11-17H2,1-5H3/b8-6+/t19-,21-,23-,24+,25+,26+,27-/m1/s1. The summed E-state index contributed by atoms with van der Waals surface area (Å²) < 4.78 is 0. The second-order valence-corrected chi connectivity index (χ2v) is 11.4. The molecule has 0 radical (unpaired) electrons. The van der Waals surface area contributed by atoms with Crippen LogP contribution in [0.25, 0.3) is 0 Å². The SMILES string of the molecule is CC(C)C/C=C/[C@@H](C)[C@H]1CC[C@H]2C3=CC=C4C[C@H](O)CC[C@]4(C)[C@H]3CC[C@]12C. The van der Waals surface area contributed by atoms with Gasteiger partial charge in [-0.2, -0.15) is 0 Å². The fraction of sp³-hybridized carbons (Fsp3) is 0.778. The molecule has 4 rings (SSSR count). The summed E-state index contributed by atoms with van der Waals surface area (Å²) in [5, 5.41) is 10.2. The Morgan fingerprint density at radius 1 is 1.04 bits per heavy atom. The van der Waals surface area contributed by atoms with Crippen molar-refractivity contribution in [2.45, 2.75) is 92.1 Å². The molecule has 0 unspecified atom stereocenters. The van der Waals surface area contributed by atoms with Crippen molar-refractivity contribution in [3.05, 3.63) is 35.5 Å². The van der Waals surface area contributed by atoms with Crippen molar-refractivity contribution in [1.29, 1.82) is 0 Å². The van der Waals surface area contributed by atoms with Gasteiger partial charge >= 0.3 is 0 Å². The summed E-state index contributed by atoms with van der Waals surface area (Å²) in [5.74, 6) is 3.78. The molecule has 0 aromatic carbocycles. The molecule has 1 N–H and O–H groups in total. The summed E-state index contributed by atoms with van der Waals surface area (Å²) in [4.78, 5) is 0. The van der Waals surface area contributed by atoms with Crippen LogP contribution in [-0.2, 0) is 0 Å². The van der Waals surface area contributed by atoms with Crippen LogP contribution in [-0.4, -0.2) is 11.2 Å². The van der Waals surface area contributed by atoms with Crippen LogP contribution >= 0.6 is 0 Å². The maximum absolute atomic E-state index is 10.2. The lowest BCUT2D eigenvalue weighted by atomic mass is 9.50. The first kappa shape index (κ1) is 20.5. The highest BCUT2D eigenvalue weighted by Crippen LogP contribution is 2.65. The minimum absolute atomic E-state index is 0.113. The number of allylic oxidation sites excluding steroid dienone is 5. The Morgan fingerprint density at radius 2 is 1.82 bits per heavy atom. The molecule has 3 saturated carbocycles. The van der Waals surface area contributed by atoms with E-state index in [2.05, 4.69) is 58.9 Å². The molecule has 4 aliphatic rings. The molecule has 0 aromatic rings. The average Bonchev–Trinajstić information content (AvgIpc) is 2.99. The lowest BCUT2D eigenvalue weighted by Crippen LogP contribution is -2.46. The maximum Gasteiger partial charge on any atom is 0.0578 e. The molecule has 3 fully saturated rings. The molecule has 7 atom stereocenters. The van der Waals surface area contributed by atoms with Crippen LogP contribution in [0.15, 0.2) is 35.5 Å². The Hall–Kier alpha value is -0.820. The van der Waals surface area contributed by atoms with E-state index in [4.69, 9.17) is 0 Å². The second-order valence-electron chi connectivity index (χ2n) is 11.4. The normalized spacial score (nSPS) is 44.0. The van der Waals surface area contributed by atoms with E-state index in [0.29, 0.717) is 16.7 Å². The highest BCUT2D eigenvalue weighted by Gasteiger charge is 2.56. The Labute approximate surface area is 173 Å². The zero-order valence-electron chi connectivity index (χ0n) is 18.9. The van der Waals surface area contributed by atoms with E-state index in [1.807, 2.05) is 0 Å². The van der Waals surface area contributed by atoms with Crippen molar-refractivity contribution < 1.29 is 5.11 Å². The Morgan fingerprint density at radius 3 is 2.57 bits per heavy atom. The zero-order valence-corrected chi connectivity index (χ0v) is 18.9. The Balaban J connectivity index is 1.57. The van der Waals surface area contributed by atoms with Gasteiger partial charge in [0.15, 0.2) is 0 Å². The van der Waals surface area contributed by atoms with Crippen molar-refractivity contribution >= 4 is 0 Å². The lowest BCUT2D eigenvalue weighted by Gasteiger charge is -2.55. The van der Waals surface area contributed by atoms with E-state index in [1.165, 1.54) is 44.1 Å². The quantitative estimate of drug-likeness (QED) is 0.515. The molecule has 28 heavy (non-hydrogen) atoms. The number of hydrogen-bond donors (Lipinski definition) is 1. The first-order chi connectivity index (χ1) is 13.3. The van der Waals surface area contributed by atoms with E-state index in [0.717, 1.165) is 36.5 Å². The summed E-state index contributed by atoms with van der Waals surface area (Å²) >= 11 is 0. The fourth-order valence-electron chi connectivity index (χ4n) is 7.59. The summed E-state index contributed by atoms with van der Waals surface area (Å²) in [6, 6.07) is 0. The minimum atomic E-state index is -0.113. The van der Waals surface area contributed by atoms with E-state index in [1.54, 1.807) is 5.57 Å². The molecule has 0 aliphatic heterocycles. The summed E-state index contributed by atoms with van der Waals surface area (Å²) in [6.45, 7) is 12.2. The van der Waals surface area contributed by atoms with Gasteiger partial charge < -0.3 is 5.11 Å². The van der Waals surface area contributed by atoms with E-state index in [9.17, 15) is 5.11 Å². The van der Waals surface area contributed by atoms with Crippen LogP contribution in [0.4, 0.5) is 0 Å². The van der Waals surface area contributed by atoms with Crippen LogP contribution < -0.4 is 0 Å². The number of aliphatic hydroxyl groups excluding tert-OH is 1. The second kappa shape index (κ2) is 7.46. The molecule has 0 bridgehead atoms. The Bertz CT molecular complexity index is 682. The third-order valence-corrected chi connectivity index (χ3v) is 9.30. The van der Waals surface area contributed by atoms with Crippen LogP contribution in [0.3, 0.4) is 0 Å². The number of fused-ring (bicyclic) bond motifs is 5. The van der Waals surface area contributed by atoms with Crippen LogP contribution in [0.5, 0.6) is 0 Å². The van der Waals surface area contributed by atoms with Gasteiger partial charge in [-0.25, -0.2) is 0 Å². The van der Waals surface area contributed by atoms with Crippen LogP contribution in [0.2, 0.25) is 0 Å². The molecule has 1 heteroatoms. The van der Waals surface area contributed by atoms with Gasteiger partial charge in [0.2, 0.25) is 0 Å². The maximum atomic E-state index is 10.2. The van der Waals surface area contributed by atoms with Crippen molar-refractivity contribution in [3.63, 3.8) is 0 Å². The largest absolute Gasteiger partial charge is 0.393 e. The summed E-state index contributed by atoms with van der Waals surface area (Å²) in [7, 11) is 0. The van der Waals surface area contributed by atoms with E-state index >= 15 is 0 Å². The molecule has 0 heterocycles. The topological polar surface area (TPSA) is 20.2 Å². The zero-order chi connectivity index (χ0) is 20.1. The van der Waals surface area contributed by atoms with Crippen molar-refractivity contribution in [2.24, 2.45) is 40.4 Å². The summed E-state index contributed by atoms with van der Waals surface area (Å²) in [5.41, 5.74) is 4.09. The highest BCUT2D eigenvalue weighted by molar-refractivity contribution is 5.39. The Kier molecular flexibility index (Phi) is 5.45. The van der Waals surface area contributed by atoms with Crippen LogP contribution in [0.1, 0.15) is 86.0 Å². The van der Waals surface area contributed by atoms with Gasteiger partial charge in [0, 0.05) is 0 Å². The molecule has 0 amide bonds. The minimum Gasteiger partial charge on any atom is -0.393 e. The first-order valence-corrected chi connectivity index (χ1v) is 12.0. The molecule has 156 valence electrons. The van der Waals surface area contributed by atoms with Crippen molar-refractivity contribution in [1.82, 2.24) is 0 Å². The molecular weight excluding hydrogens is 340 g/mol. The fourth-order valence-corrected chi connectivity index (χ4v) is 7.59. The van der Waals surface area contributed by atoms with E-state index in [-0.39, 0.29) is 6.10 Å². The number of aliphatic hydroxyl groups is 1.